The summed E-state index contributed by atoms with van der Waals surface area (Å²) in [5.41, 5.74) is 2.22. The number of carbonyl (C=O) groups is 1. The van der Waals surface area contributed by atoms with E-state index in [-0.39, 0.29) is 33.4 Å². The van der Waals surface area contributed by atoms with Crippen molar-refractivity contribution >= 4 is 33.2 Å². The number of fused-ring (bicyclic) bond motifs is 1. The standard InChI is InChI=1S/C24H33ClFN5O3S/c1-16-22(23(25)30(2)28-16)35(33,34)29-20(14-17-6-4-3-5-7-17)24(32)27-11-13-31-12-10-18-15-19(26)8-9-21(18)31/h8-9,15,17,20,29H,3-7,10-14H2,1-2H3,(H,27,32)/t20-/m0/s1. The molecule has 1 aliphatic carbocycles. The Morgan fingerprint density at radius 3 is 2.71 bits per heavy atom. The number of sulfonamides is 1. The number of aromatic nitrogens is 2. The van der Waals surface area contributed by atoms with E-state index in [4.69, 9.17) is 11.6 Å². The number of halogens is 2. The van der Waals surface area contributed by atoms with Crippen LogP contribution in [0.4, 0.5) is 10.1 Å². The third-order valence-electron chi connectivity index (χ3n) is 6.99. The third kappa shape index (κ3) is 5.98. The van der Waals surface area contributed by atoms with E-state index in [1.165, 1.54) is 17.2 Å². The van der Waals surface area contributed by atoms with Gasteiger partial charge in [-0.2, -0.15) is 9.82 Å². The number of hydrogen-bond acceptors (Lipinski definition) is 5. The molecule has 2 N–H and O–H groups in total. The Morgan fingerprint density at radius 1 is 1.29 bits per heavy atom. The lowest BCUT2D eigenvalue weighted by Gasteiger charge is -2.27. The van der Waals surface area contributed by atoms with Crippen LogP contribution in [0.15, 0.2) is 23.1 Å². The van der Waals surface area contributed by atoms with Crippen molar-refractivity contribution in [3.05, 3.63) is 40.4 Å². The predicted octanol–water partition coefficient (Wildman–Crippen LogP) is 3.32. The second kappa shape index (κ2) is 10.8. The fourth-order valence-electron chi connectivity index (χ4n) is 5.24. The number of aryl methyl sites for hydroxylation is 2. The van der Waals surface area contributed by atoms with E-state index in [1.807, 2.05) is 0 Å². The smallest absolute Gasteiger partial charge is 0.246 e. The minimum Gasteiger partial charge on any atom is -0.369 e. The molecule has 2 aliphatic rings. The van der Waals surface area contributed by atoms with Crippen molar-refractivity contribution in [2.24, 2.45) is 13.0 Å². The molecule has 0 bridgehead atoms. The molecule has 8 nitrogen and oxygen atoms in total. The quantitative estimate of drug-likeness (QED) is 0.523. The largest absolute Gasteiger partial charge is 0.369 e. The second-order valence-electron chi connectivity index (χ2n) is 9.54. The van der Waals surface area contributed by atoms with E-state index in [1.54, 1.807) is 26.1 Å². The Balaban J connectivity index is 1.43. The van der Waals surface area contributed by atoms with Crippen LogP contribution in [0.2, 0.25) is 5.15 Å². The van der Waals surface area contributed by atoms with Gasteiger partial charge in [0.1, 0.15) is 21.9 Å². The lowest BCUT2D eigenvalue weighted by atomic mass is 9.85. The number of benzene rings is 1. The number of rotatable bonds is 9. The van der Waals surface area contributed by atoms with Gasteiger partial charge in [-0.15, -0.1) is 0 Å². The van der Waals surface area contributed by atoms with Crippen LogP contribution in [-0.4, -0.2) is 49.8 Å². The summed E-state index contributed by atoms with van der Waals surface area (Å²) in [5, 5.41) is 7.02. The number of anilines is 1. The highest BCUT2D eigenvalue weighted by Gasteiger charge is 2.32. The van der Waals surface area contributed by atoms with E-state index in [0.29, 0.717) is 19.5 Å². The number of nitrogens with one attached hydrogen (secondary N) is 2. The van der Waals surface area contributed by atoms with Gasteiger partial charge in [-0.3, -0.25) is 9.48 Å². The van der Waals surface area contributed by atoms with Gasteiger partial charge in [0.25, 0.3) is 0 Å². The molecule has 0 saturated heterocycles. The van der Waals surface area contributed by atoms with E-state index in [9.17, 15) is 17.6 Å². The normalized spacial score (nSPS) is 17.4. The van der Waals surface area contributed by atoms with Gasteiger partial charge in [0.05, 0.1) is 5.69 Å². The predicted molar refractivity (Wildman–Crippen MR) is 134 cm³/mol. The van der Waals surface area contributed by atoms with Gasteiger partial charge in [0, 0.05) is 32.4 Å². The topological polar surface area (TPSA) is 96.3 Å². The average molecular weight is 526 g/mol. The monoisotopic (exact) mass is 525 g/mol. The van der Waals surface area contributed by atoms with Gasteiger partial charge >= 0.3 is 0 Å². The van der Waals surface area contributed by atoms with Gasteiger partial charge in [-0.1, -0.05) is 43.7 Å². The van der Waals surface area contributed by atoms with Crippen LogP contribution < -0.4 is 14.9 Å². The summed E-state index contributed by atoms with van der Waals surface area (Å²) >= 11 is 6.21. The first kappa shape index (κ1) is 25.9. The van der Waals surface area contributed by atoms with Crippen LogP contribution in [0.5, 0.6) is 0 Å². The van der Waals surface area contributed by atoms with Gasteiger partial charge < -0.3 is 10.2 Å². The maximum Gasteiger partial charge on any atom is 0.246 e. The van der Waals surface area contributed by atoms with Crippen LogP contribution in [-0.2, 0) is 28.3 Å². The molecule has 1 atom stereocenters. The summed E-state index contributed by atoms with van der Waals surface area (Å²) in [7, 11) is -2.48. The molecule has 0 radical (unpaired) electrons. The summed E-state index contributed by atoms with van der Waals surface area (Å²) in [6.45, 7) is 3.24. The Morgan fingerprint density at radius 2 is 2.03 bits per heavy atom. The summed E-state index contributed by atoms with van der Waals surface area (Å²) in [5.74, 6) is -0.316. The fourth-order valence-corrected chi connectivity index (χ4v) is 7.19. The maximum atomic E-state index is 13.5. The molecule has 0 spiro atoms. The molecule has 1 amide bonds. The van der Waals surface area contributed by atoms with E-state index in [0.717, 1.165) is 49.9 Å². The van der Waals surface area contributed by atoms with Crippen molar-refractivity contribution in [2.45, 2.75) is 62.8 Å². The maximum absolute atomic E-state index is 13.5. The molecular weight excluding hydrogens is 493 g/mol. The molecular formula is C24H33ClFN5O3S. The van der Waals surface area contributed by atoms with Crippen molar-refractivity contribution in [1.82, 2.24) is 19.8 Å². The zero-order chi connectivity index (χ0) is 25.2. The molecule has 2 aromatic rings. The molecule has 1 aromatic carbocycles. The molecule has 4 rings (SSSR count). The van der Waals surface area contributed by atoms with Crippen LogP contribution >= 0.6 is 11.6 Å². The van der Waals surface area contributed by atoms with Gasteiger partial charge in [-0.25, -0.2) is 12.8 Å². The summed E-state index contributed by atoms with van der Waals surface area (Å²) < 4.78 is 43.9. The van der Waals surface area contributed by atoms with Crippen LogP contribution in [0, 0.1) is 18.7 Å². The summed E-state index contributed by atoms with van der Waals surface area (Å²) in [6, 6.07) is 3.85. The van der Waals surface area contributed by atoms with E-state index >= 15 is 0 Å². The highest BCUT2D eigenvalue weighted by Crippen LogP contribution is 2.30. The molecule has 35 heavy (non-hydrogen) atoms. The number of carbonyl (C=O) groups excluding carboxylic acids is 1. The third-order valence-corrected chi connectivity index (χ3v) is 9.16. The average Bonchev–Trinajstić information content (AvgIpc) is 3.32. The van der Waals surface area contributed by atoms with Gasteiger partial charge in [0.2, 0.25) is 15.9 Å². The number of nitrogens with zero attached hydrogens (tertiary/aromatic N) is 3. The molecule has 1 aromatic heterocycles. The molecule has 11 heteroatoms. The van der Waals surface area contributed by atoms with Gasteiger partial charge in [-0.05, 0) is 49.4 Å². The van der Waals surface area contributed by atoms with Crippen LogP contribution in [0.3, 0.4) is 0 Å². The van der Waals surface area contributed by atoms with Crippen LogP contribution in [0.1, 0.15) is 49.8 Å². The number of amides is 1. The zero-order valence-corrected chi connectivity index (χ0v) is 21.8. The highest BCUT2D eigenvalue weighted by molar-refractivity contribution is 7.89. The van der Waals surface area contributed by atoms with Crippen molar-refractivity contribution < 1.29 is 17.6 Å². The van der Waals surface area contributed by atoms with E-state index < -0.39 is 16.1 Å². The molecule has 1 saturated carbocycles. The van der Waals surface area contributed by atoms with E-state index in [2.05, 4.69) is 20.0 Å². The van der Waals surface area contributed by atoms with Crippen molar-refractivity contribution in [3.63, 3.8) is 0 Å². The number of hydrogen-bond donors (Lipinski definition) is 2. The molecule has 2 heterocycles. The molecule has 0 unspecified atom stereocenters. The van der Waals surface area contributed by atoms with Gasteiger partial charge in [0.15, 0.2) is 0 Å². The Bertz CT molecular complexity index is 1180. The lowest BCUT2D eigenvalue weighted by Crippen LogP contribution is -2.49. The van der Waals surface area contributed by atoms with Crippen molar-refractivity contribution in [1.29, 1.82) is 0 Å². The lowest BCUT2D eigenvalue weighted by molar-refractivity contribution is -0.123. The first-order valence-electron chi connectivity index (χ1n) is 12.2. The Hall–Kier alpha value is -2.17. The SMILES string of the molecule is Cc1nn(C)c(Cl)c1S(=O)(=O)N[C@@H](CC1CCCCC1)C(=O)NCCN1CCc2cc(F)ccc21. The fraction of sp³-hybridized carbons (Fsp3) is 0.583. The first-order chi connectivity index (χ1) is 16.7. The summed E-state index contributed by atoms with van der Waals surface area (Å²) in [4.78, 5) is 15.2. The molecule has 1 aliphatic heterocycles. The zero-order valence-electron chi connectivity index (χ0n) is 20.2. The highest BCUT2D eigenvalue weighted by atomic mass is 35.5. The minimum absolute atomic E-state index is 0.0101. The Kier molecular flexibility index (Phi) is 8.02. The molecule has 192 valence electrons. The minimum atomic E-state index is -4.05. The second-order valence-corrected chi connectivity index (χ2v) is 11.6. The Labute approximate surface area is 211 Å². The van der Waals surface area contributed by atoms with Crippen molar-refractivity contribution in [3.8, 4) is 0 Å². The first-order valence-corrected chi connectivity index (χ1v) is 14.0. The van der Waals surface area contributed by atoms with Crippen molar-refractivity contribution in [2.75, 3.05) is 24.5 Å². The summed E-state index contributed by atoms with van der Waals surface area (Å²) in [6.07, 6.45) is 6.52. The molecule has 1 fully saturated rings. The van der Waals surface area contributed by atoms with Crippen LogP contribution in [0.25, 0.3) is 0 Å².